The molecule has 0 bridgehead atoms. The van der Waals surface area contributed by atoms with Crippen LogP contribution in [0.25, 0.3) is 0 Å². The van der Waals surface area contributed by atoms with Crippen LogP contribution < -0.4 is 0 Å². The number of aromatic nitrogens is 3. The number of aromatic amines is 1. The molecule has 1 N–H and O–H groups in total. The summed E-state index contributed by atoms with van der Waals surface area (Å²) in [7, 11) is 0. The van der Waals surface area contributed by atoms with Gasteiger partial charge in [-0.2, -0.15) is 5.10 Å². The van der Waals surface area contributed by atoms with Crippen molar-refractivity contribution in [3.8, 4) is 0 Å². The molecule has 19 heavy (non-hydrogen) atoms. The van der Waals surface area contributed by atoms with E-state index in [4.69, 9.17) is 0 Å². The van der Waals surface area contributed by atoms with Crippen LogP contribution in [0.15, 0.2) is 24.0 Å². The molecule has 1 saturated heterocycles. The van der Waals surface area contributed by atoms with Gasteiger partial charge >= 0.3 is 0 Å². The SMILES string of the molecule is O=C(c1cncs1)N1CCCC(Cc2ccn[nH]2)C1. The van der Waals surface area contributed by atoms with Crippen LogP contribution in [0.4, 0.5) is 0 Å². The number of likely N-dealkylation sites (tertiary alicyclic amines) is 1. The summed E-state index contributed by atoms with van der Waals surface area (Å²) in [6.45, 7) is 1.69. The lowest BCUT2D eigenvalue weighted by molar-refractivity contribution is 0.0677. The molecule has 0 aliphatic carbocycles. The maximum Gasteiger partial charge on any atom is 0.265 e. The first-order valence-corrected chi connectivity index (χ1v) is 7.37. The quantitative estimate of drug-likeness (QED) is 0.932. The van der Waals surface area contributed by atoms with Gasteiger partial charge in [0.1, 0.15) is 4.88 Å². The molecule has 5 nitrogen and oxygen atoms in total. The predicted molar refractivity (Wildman–Crippen MR) is 73.0 cm³/mol. The average Bonchev–Trinajstić information content (AvgIpc) is 3.11. The first kappa shape index (κ1) is 12.3. The van der Waals surface area contributed by atoms with Crippen LogP contribution in [0.1, 0.15) is 28.2 Å². The number of nitrogens with one attached hydrogen (secondary N) is 1. The first-order valence-electron chi connectivity index (χ1n) is 6.49. The molecule has 3 heterocycles. The van der Waals surface area contributed by atoms with E-state index in [2.05, 4.69) is 15.2 Å². The molecule has 1 atom stereocenters. The Hall–Kier alpha value is -1.69. The number of H-pyrrole nitrogens is 1. The van der Waals surface area contributed by atoms with Crippen LogP contribution in [-0.4, -0.2) is 39.1 Å². The monoisotopic (exact) mass is 276 g/mol. The van der Waals surface area contributed by atoms with Crippen molar-refractivity contribution < 1.29 is 4.79 Å². The normalized spacial score (nSPS) is 19.6. The summed E-state index contributed by atoms with van der Waals surface area (Å²) in [6.07, 6.45) is 6.64. The third kappa shape index (κ3) is 2.84. The van der Waals surface area contributed by atoms with Crippen LogP contribution in [0.3, 0.4) is 0 Å². The second-order valence-corrected chi connectivity index (χ2v) is 5.80. The van der Waals surface area contributed by atoms with E-state index < -0.39 is 0 Å². The zero-order valence-electron chi connectivity index (χ0n) is 10.6. The summed E-state index contributed by atoms with van der Waals surface area (Å²) in [6, 6.07) is 2.00. The molecule has 1 fully saturated rings. The van der Waals surface area contributed by atoms with Crippen LogP contribution in [0.5, 0.6) is 0 Å². The molecule has 0 radical (unpaired) electrons. The van der Waals surface area contributed by atoms with Gasteiger partial charge in [0, 0.05) is 25.0 Å². The lowest BCUT2D eigenvalue weighted by atomic mass is 9.93. The Balaban J connectivity index is 1.63. The second-order valence-electron chi connectivity index (χ2n) is 4.91. The van der Waals surface area contributed by atoms with Crippen molar-refractivity contribution in [1.29, 1.82) is 0 Å². The Bertz CT molecular complexity index is 523. The van der Waals surface area contributed by atoms with Gasteiger partial charge in [0.2, 0.25) is 0 Å². The van der Waals surface area contributed by atoms with Crippen molar-refractivity contribution in [3.63, 3.8) is 0 Å². The van der Waals surface area contributed by atoms with Crippen molar-refractivity contribution in [1.82, 2.24) is 20.1 Å². The lowest BCUT2D eigenvalue weighted by Crippen LogP contribution is -2.40. The molecule has 2 aromatic rings. The lowest BCUT2D eigenvalue weighted by Gasteiger charge is -2.32. The second kappa shape index (κ2) is 5.52. The molecular formula is C13H16N4OS. The fraction of sp³-hybridized carbons (Fsp3) is 0.462. The molecule has 3 rings (SSSR count). The van der Waals surface area contributed by atoms with E-state index in [0.29, 0.717) is 5.92 Å². The van der Waals surface area contributed by atoms with Gasteiger partial charge in [-0.25, -0.2) is 0 Å². The zero-order valence-corrected chi connectivity index (χ0v) is 11.4. The number of rotatable bonds is 3. The first-order chi connectivity index (χ1) is 9.33. The highest BCUT2D eigenvalue weighted by molar-refractivity contribution is 7.11. The van der Waals surface area contributed by atoms with Crippen molar-refractivity contribution >= 4 is 17.2 Å². The minimum absolute atomic E-state index is 0.122. The Labute approximate surface area is 115 Å². The third-order valence-corrected chi connectivity index (χ3v) is 4.28. The van der Waals surface area contributed by atoms with E-state index in [0.717, 1.165) is 36.5 Å². The van der Waals surface area contributed by atoms with E-state index in [9.17, 15) is 4.79 Å². The fourth-order valence-electron chi connectivity index (χ4n) is 2.60. The number of hydrogen-bond donors (Lipinski definition) is 1. The predicted octanol–water partition coefficient (Wildman–Crippen LogP) is 1.96. The minimum Gasteiger partial charge on any atom is -0.338 e. The van der Waals surface area contributed by atoms with E-state index in [-0.39, 0.29) is 5.91 Å². The van der Waals surface area contributed by atoms with Crippen molar-refractivity contribution in [2.45, 2.75) is 19.3 Å². The molecule has 6 heteroatoms. The third-order valence-electron chi connectivity index (χ3n) is 3.52. The van der Waals surface area contributed by atoms with E-state index in [1.807, 2.05) is 11.0 Å². The fourth-order valence-corrected chi connectivity index (χ4v) is 3.19. The molecule has 2 aromatic heterocycles. The van der Waals surface area contributed by atoms with Crippen LogP contribution >= 0.6 is 11.3 Å². The maximum absolute atomic E-state index is 12.3. The smallest absolute Gasteiger partial charge is 0.265 e. The number of thiazole rings is 1. The number of nitrogens with zero attached hydrogens (tertiary/aromatic N) is 3. The highest BCUT2D eigenvalue weighted by atomic mass is 32.1. The maximum atomic E-state index is 12.3. The Morgan fingerprint density at radius 1 is 1.58 bits per heavy atom. The van der Waals surface area contributed by atoms with Gasteiger partial charge in [-0.3, -0.25) is 14.9 Å². The number of carbonyl (C=O) groups is 1. The van der Waals surface area contributed by atoms with Crippen LogP contribution in [-0.2, 0) is 6.42 Å². The summed E-state index contributed by atoms with van der Waals surface area (Å²) in [5, 5.41) is 6.96. The molecule has 100 valence electrons. The number of hydrogen-bond acceptors (Lipinski definition) is 4. The molecule has 1 aliphatic heterocycles. The Kier molecular flexibility index (Phi) is 3.59. The van der Waals surface area contributed by atoms with Crippen LogP contribution in [0.2, 0.25) is 0 Å². The molecular weight excluding hydrogens is 260 g/mol. The van der Waals surface area contributed by atoms with Gasteiger partial charge in [0.15, 0.2) is 0 Å². The van der Waals surface area contributed by atoms with Crippen LogP contribution in [0, 0.1) is 5.92 Å². The molecule has 1 aliphatic rings. The molecule has 1 unspecified atom stereocenters. The van der Waals surface area contributed by atoms with Gasteiger partial charge in [-0.1, -0.05) is 0 Å². The van der Waals surface area contributed by atoms with Crippen molar-refractivity contribution in [3.05, 3.63) is 34.5 Å². The van der Waals surface area contributed by atoms with Gasteiger partial charge in [-0.05, 0) is 31.2 Å². The topological polar surface area (TPSA) is 61.9 Å². The summed E-state index contributed by atoms with van der Waals surface area (Å²) in [5.41, 5.74) is 2.86. The Morgan fingerprint density at radius 2 is 2.53 bits per heavy atom. The molecule has 1 amide bonds. The number of carbonyl (C=O) groups excluding carboxylic acids is 1. The van der Waals surface area contributed by atoms with E-state index in [1.54, 1.807) is 17.9 Å². The van der Waals surface area contributed by atoms with E-state index in [1.165, 1.54) is 17.8 Å². The minimum atomic E-state index is 0.122. The zero-order chi connectivity index (χ0) is 13.1. The average molecular weight is 276 g/mol. The van der Waals surface area contributed by atoms with Gasteiger partial charge < -0.3 is 4.90 Å². The largest absolute Gasteiger partial charge is 0.338 e. The summed E-state index contributed by atoms with van der Waals surface area (Å²) in [4.78, 5) is 19.0. The van der Waals surface area contributed by atoms with Crippen molar-refractivity contribution in [2.75, 3.05) is 13.1 Å². The van der Waals surface area contributed by atoms with Gasteiger partial charge in [0.25, 0.3) is 5.91 Å². The van der Waals surface area contributed by atoms with Gasteiger partial charge in [0.05, 0.1) is 11.7 Å². The van der Waals surface area contributed by atoms with E-state index >= 15 is 0 Å². The summed E-state index contributed by atoms with van der Waals surface area (Å²) < 4.78 is 0. The number of amides is 1. The molecule has 0 saturated carbocycles. The standard InChI is InChI=1S/C13H16N4OS/c18-13(12-7-14-9-19-12)17-5-1-2-10(8-17)6-11-3-4-15-16-11/h3-4,7,9-10H,1-2,5-6,8H2,(H,15,16). The Morgan fingerprint density at radius 3 is 3.26 bits per heavy atom. The van der Waals surface area contributed by atoms with Crippen molar-refractivity contribution in [2.24, 2.45) is 5.92 Å². The molecule has 0 aromatic carbocycles. The molecule has 0 spiro atoms. The highest BCUT2D eigenvalue weighted by Gasteiger charge is 2.25. The summed E-state index contributed by atoms with van der Waals surface area (Å²) in [5.74, 6) is 0.642. The van der Waals surface area contributed by atoms with Gasteiger partial charge in [-0.15, -0.1) is 11.3 Å². The summed E-state index contributed by atoms with van der Waals surface area (Å²) >= 11 is 1.41. The highest BCUT2D eigenvalue weighted by Crippen LogP contribution is 2.22. The number of piperidine rings is 1.